The minimum atomic E-state index is -1.40. The number of carbonyl (C=O) groups is 1. The van der Waals surface area contributed by atoms with Crippen molar-refractivity contribution < 1.29 is 9.90 Å². The quantitative estimate of drug-likeness (QED) is 0.864. The number of halogens is 1. The van der Waals surface area contributed by atoms with E-state index in [9.17, 15) is 9.90 Å². The van der Waals surface area contributed by atoms with Gasteiger partial charge in [-0.05, 0) is 48.8 Å². The van der Waals surface area contributed by atoms with Gasteiger partial charge in [0.25, 0.3) is 5.91 Å². The molecular weight excluding hydrogens is 260 g/mol. The van der Waals surface area contributed by atoms with E-state index in [4.69, 9.17) is 0 Å². The molecule has 0 atom stereocenters. The molecule has 0 radical (unpaired) electrons. The molecule has 1 rings (SSSR count). The van der Waals surface area contributed by atoms with E-state index in [1.165, 1.54) is 13.8 Å². The molecule has 2 N–H and O–H groups in total. The summed E-state index contributed by atoms with van der Waals surface area (Å²) in [5.74, 6) is -0.0421. The second kappa shape index (κ2) is 4.28. The van der Waals surface area contributed by atoms with Gasteiger partial charge in [0.15, 0.2) is 0 Å². The number of carbonyl (C=O) groups excluding carboxylic acids is 1. The van der Waals surface area contributed by atoms with Crippen LogP contribution < -0.4 is 5.32 Å². The highest BCUT2D eigenvalue weighted by Crippen LogP contribution is 2.17. The summed E-state index contributed by atoms with van der Waals surface area (Å²) in [5, 5.41) is 12.0. The van der Waals surface area contributed by atoms with Gasteiger partial charge in [-0.25, -0.2) is 4.98 Å². The third kappa shape index (κ3) is 3.28. The van der Waals surface area contributed by atoms with Gasteiger partial charge in [-0.1, -0.05) is 0 Å². The molecule has 1 aromatic heterocycles. The minimum Gasteiger partial charge on any atom is -0.381 e. The number of nitrogens with zero attached hydrogens (tertiary/aromatic N) is 1. The molecule has 0 aromatic carbocycles. The second-order valence-corrected chi connectivity index (χ2v) is 4.63. The number of aliphatic hydroxyl groups is 1. The summed E-state index contributed by atoms with van der Waals surface area (Å²) in [5.41, 5.74) is -0.619. The zero-order valence-electron chi connectivity index (χ0n) is 8.84. The molecule has 0 unspecified atom stereocenters. The Balaban J connectivity index is 2.83. The van der Waals surface area contributed by atoms with Gasteiger partial charge in [0.2, 0.25) is 0 Å². The Labute approximate surface area is 96.8 Å². The van der Waals surface area contributed by atoms with Crippen LogP contribution in [0, 0.1) is 6.92 Å². The lowest BCUT2D eigenvalue weighted by Crippen LogP contribution is -2.36. The lowest BCUT2D eigenvalue weighted by molar-refractivity contribution is -0.130. The predicted octanol–water partition coefficient (Wildman–Crippen LogP) is 1.86. The molecule has 0 aliphatic heterocycles. The van der Waals surface area contributed by atoms with Crippen molar-refractivity contribution in [1.82, 2.24) is 4.98 Å². The molecule has 82 valence electrons. The second-order valence-electron chi connectivity index (χ2n) is 3.78. The fourth-order valence-electron chi connectivity index (χ4n) is 0.883. The molecular formula is C10H13BrN2O2. The smallest absolute Gasteiger partial charge is 0.256 e. The maximum Gasteiger partial charge on any atom is 0.256 e. The fraction of sp³-hybridized carbons (Fsp3) is 0.400. The largest absolute Gasteiger partial charge is 0.381 e. The van der Waals surface area contributed by atoms with Gasteiger partial charge in [-0.2, -0.15) is 0 Å². The van der Waals surface area contributed by atoms with Crippen LogP contribution in [-0.2, 0) is 4.79 Å². The third-order valence-corrected chi connectivity index (χ3v) is 2.66. The molecule has 1 aromatic rings. The highest BCUT2D eigenvalue weighted by molar-refractivity contribution is 9.10. The fourth-order valence-corrected chi connectivity index (χ4v) is 1.10. The van der Waals surface area contributed by atoms with Gasteiger partial charge in [0, 0.05) is 4.47 Å². The summed E-state index contributed by atoms with van der Waals surface area (Å²) in [7, 11) is 0. The van der Waals surface area contributed by atoms with Crippen molar-refractivity contribution in [3.63, 3.8) is 0 Å². The summed E-state index contributed by atoms with van der Waals surface area (Å²) in [6.07, 6.45) is 0. The van der Waals surface area contributed by atoms with E-state index in [1.807, 2.05) is 6.92 Å². The van der Waals surface area contributed by atoms with Crippen LogP contribution in [0.1, 0.15) is 19.5 Å². The number of rotatable bonds is 2. The first-order chi connectivity index (χ1) is 6.80. The van der Waals surface area contributed by atoms with Crippen molar-refractivity contribution in [2.45, 2.75) is 26.4 Å². The van der Waals surface area contributed by atoms with Crippen molar-refractivity contribution in [3.8, 4) is 0 Å². The van der Waals surface area contributed by atoms with E-state index in [2.05, 4.69) is 26.2 Å². The van der Waals surface area contributed by atoms with E-state index in [0.717, 1.165) is 10.2 Å². The number of hydrogen-bond acceptors (Lipinski definition) is 3. The van der Waals surface area contributed by atoms with Crippen LogP contribution in [0.25, 0.3) is 0 Å². The Kier molecular flexibility index (Phi) is 3.46. The molecule has 5 heteroatoms. The normalized spacial score (nSPS) is 11.3. The van der Waals surface area contributed by atoms with Crippen LogP contribution in [0.5, 0.6) is 0 Å². The van der Waals surface area contributed by atoms with Crippen molar-refractivity contribution in [3.05, 3.63) is 22.3 Å². The summed E-state index contributed by atoms with van der Waals surface area (Å²) < 4.78 is 0.878. The van der Waals surface area contributed by atoms with Gasteiger partial charge >= 0.3 is 0 Å². The van der Waals surface area contributed by atoms with Gasteiger partial charge in [0.1, 0.15) is 11.4 Å². The first-order valence-electron chi connectivity index (χ1n) is 4.47. The van der Waals surface area contributed by atoms with E-state index < -0.39 is 11.5 Å². The van der Waals surface area contributed by atoms with E-state index in [-0.39, 0.29) is 0 Å². The first kappa shape index (κ1) is 12.1. The van der Waals surface area contributed by atoms with Crippen LogP contribution in [0.3, 0.4) is 0 Å². The zero-order chi connectivity index (χ0) is 11.6. The molecule has 4 nitrogen and oxygen atoms in total. The Morgan fingerprint density at radius 3 is 2.60 bits per heavy atom. The van der Waals surface area contributed by atoms with Crippen LogP contribution >= 0.6 is 15.9 Å². The predicted molar refractivity (Wildman–Crippen MR) is 61.6 cm³/mol. The monoisotopic (exact) mass is 272 g/mol. The topological polar surface area (TPSA) is 62.2 Å². The minimum absolute atomic E-state index is 0.433. The zero-order valence-corrected chi connectivity index (χ0v) is 10.4. The molecule has 1 amide bonds. The highest BCUT2D eigenvalue weighted by Gasteiger charge is 2.23. The Morgan fingerprint density at radius 2 is 2.13 bits per heavy atom. The number of nitrogens with one attached hydrogen (secondary N) is 1. The van der Waals surface area contributed by atoms with Crippen LogP contribution in [-0.4, -0.2) is 21.6 Å². The van der Waals surface area contributed by atoms with Crippen molar-refractivity contribution in [1.29, 1.82) is 0 Å². The molecule has 1 heterocycles. The van der Waals surface area contributed by atoms with E-state index >= 15 is 0 Å². The number of aryl methyl sites for hydroxylation is 1. The molecule has 0 bridgehead atoms. The maximum absolute atomic E-state index is 11.4. The highest BCUT2D eigenvalue weighted by atomic mass is 79.9. The standard InChI is InChI=1S/C10H13BrN2O2/c1-6-7(11)4-5-8(12-6)13-9(14)10(2,3)15/h4-5,15H,1-3H3,(H,12,13,14). The number of pyridine rings is 1. The lowest BCUT2D eigenvalue weighted by Gasteiger charge is -2.16. The van der Waals surface area contributed by atoms with Gasteiger partial charge < -0.3 is 10.4 Å². The molecule has 0 spiro atoms. The SMILES string of the molecule is Cc1nc(NC(=O)C(C)(C)O)ccc1Br. The Hall–Kier alpha value is -0.940. The number of anilines is 1. The third-order valence-electron chi connectivity index (χ3n) is 1.82. The maximum atomic E-state index is 11.4. The van der Waals surface area contributed by atoms with Crippen molar-refractivity contribution in [2.75, 3.05) is 5.32 Å². The first-order valence-corrected chi connectivity index (χ1v) is 5.27. The van der Waals surface area contributed by atoms with Crippen LogP contribution in [0.15, 0.2) is 16.6 Å². The van der Waals surface area contributed by atoms with Gasteiger partial charge in [-0.3, -0.25) is 4.79 Å². The van der Waals surface area contributed by atoms with Crippen LogP contribution in [0.4, 0.5) is 5.82 Å². The lowest BCUT2D eigenvalue weighted by atomic mass is 10.1. The average molecular weight is 273 g/mol. The van der Waals surface area contributed by atoms with Gasteiger partial charge in [0.05, 0.1) is 5.69 Å². The van der Waals surface area contributed by atoms with Gasteiger partial charge in [-0.15, -0.1) is 0 Å². The molecule has 0 aliphatic rings. The Morgan fingerprint density at radius 1 is 1.53 bits per heavy atom. The van der Waals surface area contributed by atoms with Crippen LogP contribution in [0.2, 0.25) is 0 Å². The van der Waals surface area contributed by atoms with E-state index in [0.29, 0.717) is 5.82 Å². The molecule has 0 aliphatic carbocycles. The number of amides is 1. The van der Waals surface area contributed by atoms with E-state index in [1.54, 1.807) is 12.1 Å². The van der Waals surface area contributed by atoms with Crippen molar-refractivity contribution in [2.24, 2.45) is 0 Å². The van der Waals surface area contributed by atoms with Crippen molar-refractivity contribution >= 4 is 27.7 Å². The average Bonchev–Trinajstić information content (AvgIpc) is 2.10. The summed E-state index contributed by atoms with van der Waals surface area (Å²) in [6.45, 7) is 4.67. The Bertz CT molecular complexity index is 385. The molecule has 0 saturated heterocycles. The number of hydrogen-bond donors (Lipinski definition) is 2. The molecule has 15 heavy (non-hydrogen) atoms. The molecule has 0 saturated carbocycles. The summed E-state index contributed by atoms with van der Waals surface area (Å²) >= 11 is 3.31. The summed E-state index contributed by atoms with van der Waals surface area (Å²) in [4.78, 5) is 15.6. The summed E-state index contributed by atoms with van der Waals surface area (Å²) in [6, 6.07) is 3.46. The molecule has 0 fully saturated rings. The number of aromatic nitrogens is 1.